The van der Waals surface area contributed by atoms with Crippen LogP contribution >= 0.6 is 0 Å². The van der Waals surface area contributed by atoms with E-state index in [1.54, 1.807) is 0 Å². The molecule has 0 heterocycles. The van der Waals surface area contributed by atoms with Crippen molar-refractivity contribution < 1.29 is 0 Å². The summed E-state index contributed by atoms with van der Waals surface area (Å²) >= 11 is 0. The molecule has 0 aliphatic heterocycles. The van der Waals surface area contributed by atoms with Gasteiger partial charge in [0.2, 0.25) is 0 Å². The Morgan fingerprint density at radius 2 is 1.90 bits per heavy atom. The summed E-state index contributed by atoms with van der Waals surface area (Å²) in [5.41, 5.74) is 4.37. The van der Waals surface area contributed by atoms with Gasteiger partial charge in [0.1, 0.15) is 0 Å². The first kappa shape index (κ1) is 15.6. The molecule has 1 heteroatoms. The van der Waals surface area contributed by atoms with Gasteiger partial charge in [0.05, 0.1) is 0 Å². The van der Waals surface area contributed by atoms with Crippen LogP contribution in [0.15, 0.2) is 18.2 Å². The highest BCUT2D eigenvalue weighted by Gasteiger charge is 2.29. The van der Waals surface area contributed by atoms with Gasteiger partial charge in [-0.3, -0.25) is 0 Å². The Morgan fingerprint density at radius 1 is 1.10 bits per heavy atom. The SMILES string of the molecule is CCNC1CCC(CC)CC1Cc1ccc(C)c(C)c1. The molecule has 1 aromatic carbocycles. The van der Waals surface area contributed by atoms with E-state index in [1.807, 2.05) is 0 Å². The molecule has 1 fully saturated rings. The second-order valence-corrected chi connectivity index (χ2v) is 6.63. The van der Waals surface area contributed by atoms with E-state index in [0.29, 0.717) is 0 Å². The highest BCUT2D eigenvalue weighted by molar-refractivity contribution is 5.30. The number of benzene rings is 1. The van der Waals surface area contributed by atoms with Crippen LogP contribution in [0.4, 0.5) is 0 Å². The van der Waals surface area contributed by atoms with E-state index in [2.05, 4.69) is 51.2 Å². The molecule has 1 aliphatic rings. The minimum atomic E-state index is 0.726. The monoisotopic (exact) mass is 273 g/mol. The van der Waals surface area contributed by atoms with Gasteiger partial charge in [0, 0.05) is 6.04 Å². The summed E-state index contributed by atoms with van der Waals surface area (Å²) in [5, 5.41) is 3.73. The number of hydrogen-bond donors (Lipinski definition) is 1. The van der Waals surface area contributed by atoms with Crippen LogP contribution in [0.25, 0.3) is 0 Å². The van der Waals surface area contributed by atoms with Crippen molar-refractivity contribution in [1.29, 1.82) is 0 Å². The summed E-state index contributed by atoms with van der Waals surface area (Å²) in [4.78, 5) is 0. The van der Waals surface area contributed by atoms with Crippen LogP contribution in [-0.4, -0.2) is 12.6 Å². The van der Waals surface area contributed by atoms with Crippen LogP contribution in [-0.2, 0) is 6.42 Å². The van der Waals surface area contributed by atoms with Gasteiger partial charge in [0.25, 0.3) is 0 Å². The van der Waals surface area contributed by atoms with Gasteiger partial charge in [-0.2, -0.15) is 0 Å². The van der Waals surface area contributed by atoms with E-state index in [0.717, 1.165) is 24.4 Å². The first-order valence-corrected chi connectivity index (χ1v) is 8.43. The summed E-state index contributed by atoms with van der Waals surface area (Å²) < 4.78 is 0. The van der Waals surface area contributed by atoms with E-state index in [-0.39, 0.29) is 0 Å². The maximum atomic E-state index is 3.73. The molecule has 20 heavy (non-hydrogen) atoms. The third kappa shape index (κ3) is 3.85. The highest BCUT2D eigenvalue weighted by atomic mass is 14.9. The van der Waals surface area contributed by atoms with Gasteiger partial charge in [-0.05, 0) is 74.6 Å². The zero-order chi connectivity index (χ0) is 14.5. The summed E-state index contributed by atoms with van der Waals surface area (Å²) in [6.45, 7) is 10.1. The fourth-order valence-electron chi connectivity index (χ4n) is 3.72. The van der Waals surface area contributed by atoms with Crippen molar-refractivity contribution in [2.75, 3.05) is 6.54 Å². The van der Waals surface area contributed by atoms with Crippen molar-refractivity contribution in [3.8, 4) is 0 Å². The lowest BCUT2D eigenvalue weighted by atomic mass is 9.74. The predicted octanol–water partition coefficient (Wildman–Crippen LogP) is 4.65. The van der Waals surface area contributed by atoms with Gasteiger partial charge in [-0.15, -0.1) is 0 Å². The average molecular weight is 273 g/mol. The second-order valence-electron chi connectivity index (χ2n) is 6.63. The summed E-state index contributed by atoms with van der Waals surface area (Å²) in [6, 6.07) is 7.74. The predicted molar refractivity (Wildman–Crippen MR) is 88.2 cm³/mol. The van der Waals surface area contributed by atoms with Crippen LogP contribution in [0.1, 0.15) is 56.2 Å². The zero-order valence-electron chi connectivity index (χ0n) is 13.7. The number of hydrogen-bond acceptors (Lipinski definition) is 1. The Kier molecular flexibility index (Phi) is 5.65. The Morgan fingerprint density at radius 3 is 2.55 bits per heavy atom. The summed E-state index contributed by atoms with van der Waals surface area (Å²) in [7, 11) is 0. The van der Waals surface area contributed by atoms with Crippen LogP contribution in [0.3, 0.4) is 0 Å². The van der Waals surface area contributed by atoms with Crippen LogP contribution in [0.2, 0.25) is 0 Å². The molecule has 0 saturated heterocycles. The Balaban J connectivity index is 2.07. The first-order valence-electron chi connectivity index (χ1n) is 8.43. The molecule has 0 aromatic heterocycles. The molecule has 2 rings (SSSR count). The molecule has 1 N–H and O–H groups in total. The third-order valence-corrected chi connectivity index (χ3v) is 5.20. The van der Waals surface area contributed by atoms with Crippen molar-refractivity contribution in [2.24, 2.45) is 11.8 Å². The fraction of sp³-hybridized carbons (Fsp3) is 0.684. The molecular weight excluding hydrogens is 242 g/mol. The molecule has 1 nitrogen and oxygen atoms in total. The molecule has 1 aromatic rings. The molecule has 1 saturated carbocycles. The quantitative estimate of drug-likeness (QED) is 0.823. The van der Waals surface area contributed by atoms with Crippen molar-refractivity contribution in [3.63, 3.8) is 0 Å². The topological polar surface area (TPSA) is 12.0 Å². The van der Waals surface area contributed by atoms with Crippen molar-refractivity contribution in [3.05, 3.63) is 34.9 Å². The molecule has 0 bridgehead atoms. The largest absolute Gasteiger partial charge is 0.314 e. The normalized spacial score (nSPS) is 26.7. The van der Waals surface area contributed by atoms with Gasteiger partial charge in [-0.1, -0.05) is 38.5 Å². The molecule has 0 spiro atoms. The maximum Gasteiger partial charge on any atom is 0.00985 e. The Labute approximate surface area is 125 Å². The first-order chi connectivity index (χ1) is 9.63. The van der Waals surface area contributed by atoms with Gasteiger partial charge in [-0.25, -0.2) is 0 Å². The van der Waals surface area contributed by atoms with Gasteiger partial charge < -0.3 is 5.32 Å². The van der Waals surface area contributed by atoms with Gasteiger partial charge in [0.15, 0.2) is 0 Å². The van der Waals surface area contributed by atoms with Crippen LogP contribution in [0, 0.1) is 25.7 Å². The molecule has 1 aliphatic carbocycles. The average Bonchev–Trinajstić information content (AvgIpc) is 2.45. The Bertz CT molecular complexity index is 424. The summed E-state index contributed by atoms with van der Waals surface area (Å²) in [6.07, 6.45) is 6.78. The number of aryl methyl sites for hydroxylation is 2. The van der Waals surface area contributed by atoms with E-state index >= 15 is 0 Å². The minimum Gasteiger partial charge on any atom is -0.314 e. The minimum absolute atomic E-state index is 0.726. The van der Waals surface area contributed by atoms with E-state index in [4.69, 9.17) is 0 Å². The maximum absolute atomic E-state index is 3.73. The van der Waals surface area contributed by atoms with Crippen molar-refractivity contribution >= 4 is 0 Å². The smallest absolute Gasteiger partial charge is 0.00985 e. The van der Waals surface area contributed by atoms with Crippen LogP contribution in [0.5, 0.6) is 0 Å². The summed E-state index contributed by atoms with van der Waals surface area (Å²) in [5.74, 6) is 1.76. The number of rotatable bonds is 5. The molecule has 112 valence electrons. The highest BCUT2D eigenvalue weighted by Crippen LogP contribution is 2.33. The van der Waals surface area contributed by atoms with Gasteiger partial charge >= 0.3 is 0 Å². The third-order valence-electron chi connectivity index (χ3n) is 5.20. The fourth-order valence-corrected chi connectivity index (χ4v) is 3.72. The molecule has 3 atom stereocenters. The lowest BCUT2D eigenvalue weighted by molar-refractivity contribution is 0.200. The van der Waals surface area contributed by atoms with Crippen molar-refractivity contribution in [2.45, 2.75) is 65.8 Å². The van der Waals surface area contributed by atoms with E-state index in [1.165, 1.54) is 48.8 Å². The molecule has 3 unspecified atom stereocenters. The molecule has 0 amide bonds. The van der Waals surface area contributed by atoms with Crippen LogP contribution < -0.4 is 5.32 Å². The lowest BCUT2D eigenvalue weighted by Gasteiger charge is -2.36. The standard InChI is InChI=1S/C19H31N/c1-5-16-9-10-19(20-6-2)18(12-16)13-17-8-7-14(3)15(4)11-17/h7-8,11,16,18-20H,5-6,9-10,12-13H2,1-4H3. The Hall–Kier alpha value is -0.820. The zero-order valence-corrected chi connectivity index (χ0v) is 13.7. The lowest BCUT2D eigenvalue weighted by Crippen LogP contribution is -2.41. The second kappa shape index (κ2) is 7.26. The van der Waals surface area contributed by atoms with E-state index < -0.39 is 0 Å². The molecule has 0 radical (unpaired) electrons. The molecular formula is C19H31N. The van der Waals surface area contributed by atoms with E-state index in [9.17, 15) is 0 Å². The van der Waals surface area contributed by atoms with Crippen molar-refractivity contribution in [1.82, 2.24) is 5.32 Å². The number of nitrogens with one attached hydrogen (secondary N) is 1.